The van der Waals surface area contributed by atoms with Crippen LogP contribution in [0.2, 0.25) is 0 Å². The number of nitrogens with two attached hydrogens (primary N) is 1. The van der Waals surface area contributed by atoms with Crippen LogP contribution in [-0.4, -0.2) is 30.0 Å². The predicted molar refractivity (Wildman–Crippen MR) is 75.2 cm³/mol. The van der Waals surface area contributed by atoms with Gasteiger partial charge in [-0.05, 0) is 36.7 Å². The first-order chi connectivity index (χ1) is 7.97. The number of hydrogen-bond acceptors (Lipinski definition) is 3. The summed E-state index contributed by atoms with van der Waals surface area (Å²) in [5.74, 6) is 0.974. The van der Waals surface area contributed by atoms with Gasteiger partial charge in [0.2, 0.25) is 5.91 Å². The molecule has 1 amide bonds. The van der Waals surface area contributed by atoms with Gasteiger partial charge in [0.15, 0.2) is 0 Å². The monoisotopic (exact) mass is 258 g/mol. The van der Waals surface area contributed by atoms with Gasteiger partial charge in [-0.1, -0.05) is 26.7 Å². The van der Waals surface area contributed by atoms with Crippen LogP contribution in [0.25, 0.3) is 0 Å². The van der Waals surface area contributed by atoms with Crippen LogP contribution in [0, 0.1) is 5.41 Å². The Morgan fingerprint density at radius 3 is 2.82 bits per heavy atom. The molecule has 17 heavy (non-hydrogen) atoms. The summed E-state index contributed by atoms with van der Waals surface area (Å²) in [4.78, 5) is 12.0. The zero-order valence-corrected chi connectivity index (χ0v) is 12.1. The van der Waals surface area contributed by atoms with Crippen molar-refractivity contribution < 1.29 is 4.79 Å². The number of carbonyl (C=O) groups excluding carboxylic acids is 1. The maximum atomic E-state index is 12.0. The quantitative estimate of drug-likeness (QED) is 0.794. The van der Waals surface area contributed by atoms with Gasteiger partial charge >= 0.3 is 0 Å². The molecule has 3 nitrogen and oxygen atoms in total. The lowest BCUT2D eigenvalue weighted by Crippen LogP contribution is -2.51. The highest BCUT2D eigenvalue weighted by Gasteiger charge is 2.33. The molecule has 0 spiro atoms. The predicted octanol–water partition coefficient (Wildman–Crippen LogP) is 2.15. The van der Waals surface area contributed by atoms with Crippen LogP contribution in [0.5, 0.6) is 0 Å². The molecule has 3 N–H and O–H groups in total. The number of nitrogens with one attached hydrogen (secondary N) is 1. The molecule has 0 aromatic rings. The van der Waals surface area contributed by atoms with Crippen molar-refractivity contribution in [1.29, 1.82) is 0 Å². The van der Waals surface area contributed by atoms with E-state index in [-0.39, 0.29) is 17.4 Å². The number of thioether (sulfide) groups is 1. The summed E-state index contributed by atoms with van der Waals surface area (Å²) in [5.41, 5.74) is 6.10. The smallest absolute Gasteiger partial charge is 0.237 e. The van der Waals surface area contributed by atoms with E-state index in [9.17, 15) is 4.79 Å². The van der Waals surface area contributed by atoms with Gasteiger partial charge in [-0.25, -0.2) is 0 Å². The summed E-state index contributed by atoms with van der Waals surface area (Å²) in [6, 6.07) is -0.0516. The minimum absolute atomic E-state index is 0.0269. The van der Waals surface area contributed by atoms with Crippen LogP contribution >= 0.6 is 11.8 Å². The molecule has 0 aromatic carbocycles. The summed E-state index contributed by atoms with van der Waals surface area (Å²) in [6.45, 7) is 4.48. The Morgan fingerprint density at radius 2 is 2.24 bits per heavy atom. The molecular weight excluding hydrogens is 232 g/mol. The Morgan fingerprint density at radius 1 is 1.53 bits per heavy atom. The number of carbonyl (C=O) groups is 1. The Balaban J connectivity index is 2.43. The topological polar surface area (TPSA) is 55.1 Å². The van der Waals surface area contributed by atoms with E-state index < -0.39 is 0 Å². The largest absolute Gasteiger partial charge is 0.351 e. The summed E-state index contributed by atoms with van der Waals surface area (Å²) in [7, 11) is 0. The van der Waals surface area contributed by atoms with Crippen molar-refractivity contribution in [2.75, 3.05) is 12.0 Å². The molecular formula is C13H26N2OS. The SMILES string of the molecule is CSCC[C@@H](N)C(=O)NC1CCCCC1(C)C. The van der Waals surface area contributed by atoms with E-state index >= 15 is 0 Å². The van der Waals surface area contributed by atoms with Gasteiger partial charge in [0, 0.05) is 6.04 Å². The van der Waals surface area contributed by atoms with E-state index in [1.165, 1.54) is 19.3 Å². The molecule has 1 fully saturated rings. The highest BCUT2D eigenvalue weighted by molar-refractivity contribution is 7.98. The molecule has 0 saturated heterocycles. The molecule has 0 bridgehead atoms. The van der Waals surface area contributed by atoms with Crippen molar-refractivity contribution in [3.8, 4) is 0 Å². The van der Waals surface area contributed by atoms with Gasteiger partial charge in [-0.15, -0.1) is 0 Å². The lowest BCUT2D eigenvalue weighted by Gasteiger charge is -2.39. The first-order valence-corrected chi connectivity index (χ1v) is 7.91. The van der Waals surface area contributed by atoms with Crippen LogP contribution in [-0.2, 0) is 4.79 Å². The van der Waals surface area contributed by atoms with Crippen molar-refractivity contribution in [2.24, 2.45) is 11.1 Å². The summed E-state index contributed by atoms with van der Waals surface area (Å²) in [5, 5.41) is 3.14. The van der Waals surface area contributed by atoms with Gasteiger partial charge in [-0.3, -0.25) is 4.79 Å². The fraction of sp³-hybridized carbons (Fsp3) is 0.923. The average molecular weight is 258 g/mol. The summed E-state index contributed by atoms with van der Waals surface area (Å²) >= 11 is 1.73. The van der Waals surface area contributed by atoms with Gasteiger partial charge < -0.3 is 11.1 Å². The van der Waals surface area contributed by atoms with Crippen molar-refractivity contribution >= 4 is 17.7 Å². The van der Waals surface area contributed by atoms with Gasteiger partial charge in [0.1, 0.15) is 0 Å². The van der Waals surface area contributed by atoms with E-state index in [2.05, 4.69) is 19.2 Å². The third-order valence-corrected chi connectivity index (χ3v) is 4.44. The number of hydrogen-bond donors (Lipinski definition) is 2. The van der Waals surface area contributed by atoms with Gasteiger partial charge in [0.25, 0.3) is 0 Å². The molecule has 1 aliphatic rings. The van der Waals surface area contributed by atoms with Crippen LogP contribution in [0.15, 0.2) is 0 Å². The second kappa shape index (κ2) is 6.64. The second-order valence-corrected chi connectivity index (χ2v) is 6.67. The first kappa shape index (κ1) is 14.8. The molecule has 1 unspecified atom stereocenters. The third-order valence-electron chi connectivity index (χ3n) is 3.79. The molecule has 0 radical (unpaired) electrons. The van der Waals surface area contributed by atoms with Crippen LogP contribution in [0.3, 0.4) is 0 Å². The highest BCUT2D eigenvalue weighted by Crippen LogP contribution is 2.35. The highest BCUT2D eigenvalue weighted by atomic mass is 32.2. The van der Waals surface area contributed by atoms with Crippen molar-refractivity contribution in [2.45, 2.75) is 58.0 Å². The lowest BCUT2D eigenvalue weighted by atomic mass is 9.73. The molecule has 0 aromatic heterocycles. The van der Waals surface area contributed by atoms with Gasteiger partial charge in [0.05, 0.1) is 6.04 Å². The molecule has 1 saturated carbocycles. The Hall–Kier alpha value is -0.220. The van der Waals surface area contributed by atoms with Crippen LogP contribution < -0.4 is 11.1 Å². The normalized spacial score (nSPS) is 25.3. The number of amides is 1. The molecule has 0 heterocycles. The third kappa shape index (κ3) is 4.51. The number of rotatable bonds is 5. The first-order valence-electron chi connectivity index (χ1n) is 6.52. The fourth-order valence-electron chi connectivity index (χ4n) is 2.42. The molecule has 0 aliphatic heterocycles. The van der Waals surface area contributed by atoms with Crippen molar-refractivity contribution in [3.63, 3.8) is 0 Å². The van der Waals surface area contributed by atoms with E-state index in [1.54, 1.807) is 11.8 Å². The van der Waals surface area contributed by atoms with Crippen molar-refractivity contribution in [1.82, 2.24) is 5.32 Å². The Kier molecular flexibility index (Phi) is 5.80. The lowest BCUT2D eigenvalue weighted by molar-refractivity contribution is -0.124. The van der Waals surface area contributed by atoms with Crippen molar-refractivity contribution in [3.05, 3.63) is 0 Å². The maximum absolute atomic E-state index is 12.0. The zero-order chi connectivity index (χ0) is 12.9. The minimum atomic E-state index is -0.347. The van der Waals surface area contributed by atoms with Crippen LogP contribution in [0.1, 0.15) is 46.0 Å². The molecule has 1 aliphatic carbocycles. The average Bonchev–Trinajstić information content (AvgIpc) is 2.28. The minimum Gasteiger partial charge on any atom is -0.351 e. The van der Waals surface area contributed by atoms with E-state index in [1.807, 2.05) is 6.26 Å². The Labute approximate surface area is 109 Å². The standard InChI is InChI=1S/C13H26N2OS/c1-13(2)8-5-4-6-11(13)15-12(16)10(14)7-9-17-3/h10-11H,4-9,14H2,1-3H3,(H,15,16)/t10-,11?/m1/s1. The maximum Gasteiger partial charge on any atom is 0.237 e. The van der Waals surface area contributed by atoms with E-state index in [4.69, 9.17) is 5.73 Å². The van der Waals surface area contributed by atoms with E-state index in [0.717, 1.165) is 18.6 Å². The molecule has 100 valence electrons. The van der Waals surface area contributed by atoms with Crippen LogP contribution in [0.4, 0.5) is 0 Å². The van der Waals surface area contributed by atoms with E-state index in [0.29, 0.717) is 6.04 Å². The van der Waals surface area contributed by atoms with Gasteiger partial charge in [-0.2, -0.15) is 11.8 Å². The summed E-state index contributed by atoms with van der Waals surface area (Å²) in [6.07, 6.45) is 7.58. The molecule has 2 atom stereocenters. The second-order valence-electron chi connectivity index (χ2n) is 5.68. The fourth-order valence-corrected chi connectivity index (χ4v) is 2.91. The zero-order valence-electron chi connectivity index (χ0n) is 11.3. The molecule has 1 rings (SSSR count). The Bertz CT molecular complexity index is 256. The molecule has 4 heteroatoms. The summed E-state index contributed by atoms with van der Waals surface area (Å²) < 4.78 is 0.